The second kappa shape index (κ2) is 6.07. The standard InChI is InChI=1S/C18H19N5O2/c1-11(24)21-12-5-4-6-13(7-12)23-17(20)15(9-19)14-8-18(2,3)25-10-16(14)22-23/h4-8H,10,20H2,1-3H3,(H,21,24). The average Bonchev–Trinajstić information content (AvgIpc) is 2.53. The molecule has 2 aliphatic heterocycles. The first-order valence-corrected chi connectivity index (χ1v) is 7.83. The van der Waals surface area contributed by atoms with Crippen LogP contribution in [0.5, 0.6) is 0 Å². The Morgan fingerprint density at radius 2 is 2.24 bits per heavy atom. The summed E-state index contributed by atoms with van der Waals surface area (Å²) in [5, 5.41) is 18.4. The summed E-state index contributed by atoms with van der Waals surface area (Å²) < 4.78 is 5.76. The first-order valence-electron chi connectivity index (χ1n) is 7.83. The lowest BCUT2D eigenvalue weighted by Crippen LogP contribution is -2.39. The number of rotatable bonds is 2. The van der Waals surface area contributed by atoms with Gasteiger partial charge in [0.1, 0.15) is 17.5 Å². The molecule has 0 saturated heterocycles. The molecule has 1 amide bonds. The zero-order valence-corrected chi connectivity index (χ0v) is 14.3. The van der Waals surface area contributed by atoms with Gasteiger partial charge in [-0.1, -0.05) is 6.07 Å². The number of carbonyl (C=O) groups excluding carboxylic acids is 1. The summed E-state index contributed by atoms with van der Waals surface area (Å²) in [5.41, 5.74) is 8.74. The summed E-state index contributed by atoms with van der Waals surface area (Å²) in [5.74, 6) is 0.0756. The zero-order chi connectivity index (χ0) is 18.2. The molecule has 2 heterocycles. The van der Waals surface area contributed by atoms with Crippen LogP contribution >= 0.6 is 0 Å². The highest BCUT2D eigenvalue weighted by atomic mass is 16.5. The zero-order valence-electron chi connectivity index (χ0n) is 14.3. The molecule has 7 nitrogen and oxygen atoms in total. The van der Waals surface area contributed by atoms with Crippen molar-refractivity contribution in [3.63, 3.8) is 0 Å². The normalized spacial score (nSPS) is 18.7. The predicted octanol–water partition coefficient (Wildman–Crippen LogP) is 2.25. The number of hydrazone groups is 1. The van der Waals surface area contributed by atoms with E-state index >= 15 is 0 Å². The number of hydrogen-bond acceptors (Lipinski definition) is 6. The van der Waals surface area contributed by atoms with E-state index in [1.807, 2.05) is 19.9 Å². The van der Waals surface area contributed by atoms with Gasteiger partial charge in [-0.05, 0) is 38.1 Å². The van der Waals surface area contributed by atoms with Crippen LogP contribution < -0.4 is 16.1 Å². The fourth-order valence-electron chi connectivity index (χ4n) is 2.76. The molecular weight excluding hydrogens is 318 g/mol. The lowest BCUT2D eigenvalue weighted by molar-refractivity contribution is -0.114. The Labute approximate surface area is 146 Å². The van der Waals surface area contributed by atoms with Crippen LogP contribution in [0, 0.1) is 11.3 Å². The van der Waals surface area contributed by atoms with E-state index in [1.165, 1.54) is 11.9 Å². The quantitative estimate of drug-likeness (QED) is 0.861. The summed E-state index contributed by atoms with van der Waals surface area (Å²) in [6.45, 7) is 5.57. The van der Waals surface area contributed by atoms with Crippen molar-refractivity contribution in [1.29, 1.82) is 5.26 Å². The van der Waals surface area contributed by atoms with Gasteiger partial charge >= 0.3 is 0 Å². The van der Waals surface area contributed by atoms with Gasteiger partial charge < -0.3 is 15.8 Å². The summed E-state index contributed by atoms with van der Waals surface area (Å²) >= 11 is 0. The third-order valence-corrected chi connectivity index (χ3v) is 3.88. The van der Waals surface area contributed by atoms with E-state index in [0.717, 1.165) is 0 Å². The smallest absolute Gasteiger partial charge is 0.221 e. The molecule has 7 heteroatoms. The van der Waals surface area contributed by atoms with Crippen molar-refractivity contribution in [2.24, 2.45) is 10.8 Å². The van der Waals surface area contributed by atoms with Crippen LogP contribution in [0.4, 0.5) is 11.4 Å². The topological polar surface area (TPSA) is 104 Å². The summed E-state index contributed by atoms with van der Waals surface area (Å²) in [6.07, 6.45) is 1.87. The number of carbonyl (C=O) groups is 1. The molecule has 0 fully saturated rings. The van der Waals surface area contributed by atoms with Crippen LogP contribution in [0.3, 0.4) is 0 Å². The molecule has 0 unspecified atom stereocenters. The maximum atomic E-state index is 11.3. The average molecular weight is 337 g/mol. The summed E-state index contributed by atoms with van der Waals surface area (Å²) in [7, 11) is 0. The van der Waals surface area contributed by atoms with Crippen LogP contribution in [0.15, 0.2) is 52.4 Å². The van der Waals surface area contributed by atoms with Crippen molar-refractivity contribution < 1.29 is 9.53 Å². The number of nitrogens with zero attached hydrogens (tertiary/aromatic N) is 3. The van der Waals surface area contributed by atoms with Gasteiger partial charge in [-0.2, -0.15) is 10.4 Å². The fraction of sp³-hybridized carbons (Fsp3) is 0.278. The number of hydrogen-bond donors (Lipinski definition) is 2. The Morgan fingerprint density at radius 1 is 1.48 bits per heavy atom. The number of nitriles is 1. The number of nitrogens with two attached hydrogens (primary N) is 1. The van der Waals surface area contributed by atoms with Crippen LogP contribution in [0.2, 0.25) is 0 Å². The third-order valence-electron chi connectivity index (χ3n) is 3.88. The molecule has 2 aliphatic rings. The highest BCUT2D eigenvalue weighted by Gasteiger charge is 2.33. The van der Waals surface area contributed by atoms with Gasteiger partial charge in [0.25, 0.3) is 0 Å². The van der Waals surface area contributed by atoms with Crippen LogP contribution in [0.25, 0.3) is 0 Å². The van der Waals surface area contributed by atoms with E-state index in [9.17, 15) is 10.1 Å². The van der Waals surface area contributed by atoms with Crippen LogP contribution in [-0.4, -0.2) is 23.8 Å². The molecule has 1 aromatic carbocycles. The largest absolute Gasteiger partial charge is 0.383 e. The maximum absolute atomic E-state index is 11.3. The first kappa shape index (κ1) is 16.7. The number of fused-ring (bicyclic) bond motifs is 1. The molecule has 3 N–H and O–H groups in total. The highest BCUT2D eigenvalue weighted by Crippen LogP contribution is 2.33. The summed E-state index contributed by atoms with van der Waals surface area (Å²) in [4.78, 5) is 11.3. The van der Waals surface area contributed by atoms with Crippen molar-refractivity contribution in [3.05, 3.63) is 47.3 Å². The Hall–Kier alpha value is -3.11. The maximum Gasteiger partial charge on any atom is 0.221 e. The highest BCUT2D eigenvalue weighted by molar-refractivity contribution is 6.08. The molecule has 0 spiro atoms. The van der Waals surface area contributed by atoms with E-state index in [1.54, 1.807) is 24.3 Å². The minimum absolute atomic E-state index is 0.170. The minimum atomic E-state index is -0.482. The molecule has 25 heavy (non-hydrogen) atoms. The lowest BCUT2D eigenvalue weighted by Gasteiger charge is -2.34. The van der Waals surface area contributed by atoms with E-state index in [0.29, 0.717) is 34.8 Å². The molecule has 3 rings (SSSR count). The first-order chi connectivity index (χ1) is 11.8. The fourth-order valence-corrected chi connectivity index (χ4v) is 2.76. The van der Waals surface area contributed by atoms with E-state index in [2.05, 4.69) is 16.5 Å². The monoisotopic (exact) mass is 337 g/mol. The second-order valence-electron chi connectivity index (χ2n) is 6.41. The molecule has 0 aromatic heterocycles. The van der Waals surface area contributed by atoms with Crippen LogP contribution in [0.1, 0.15) is 20.8 Å². The molecule has 0 aliphatic carbocycles. The number of ether oxygens (including phenoxy) is 1. The Kier molecular flexibility index (Phi) is 4.07. The van der Waals surface area contributed by atoms with Gasteiger partial charge in [-0.3, -0.25) is 4.79 Å². The van der Waals surface area contributed by atoms with Crippen LogP contribution in [-0.2, 0) is 9.53 Å². The van der Waals surface area contributed by atoms with Crippen molar-refractivity contribution in [2.75, 3.05) is 16.9 Å². The molecule has 1 aromatic rings. The molecule has 0 bridgehead atoms. The van der Waals surface area contributed by atoms with E-state index < -0.39 is 5.60 Å². The molecule has 0 saturated carbocycles. The Bertz CT molecular complexity index is 874. The molecule has 0 radical (unpaired) electrons. The minimum Gasteiger partial charge on any atom is -0.383 e. The number of nitrogens with one attached hydrogen (secondary N) is 1. The Balaban J connectivity index is 2.06. The van der Waals surface area contributed by atoms with Crippen molar-refractivity contribution in [2.45, 2.75) is 26.4 Å². The number of anilines is 2. The van der Waals surface area contributed by atoms with Gasteiger partial charge in [-0.15, -0.1) is 0 Å². The molecule has 128 valence electrons. The third kappa shape index (κ3) is 3.25. The van der Waals surface area contributed by atoms with Crippen molar-refractivity contribution in [1.82, 2.24) is 0 Å². The number of allylic oxidation sites excluding steroid dienone is 1. The predicted molar refractivity (Wildman–Crippen MR) is 95.6 cm³/mol. The van der Waals surface area contributed by atoms with E-state index in [-0.39, 0.29) is 11.7 Å². The molecule has 0 atom stereocenters. The van der Waals surface area contributed by atoms with Gasteiger partial charge in [0, 0.05) is 18.2 Å². The number of benzene rings is 1. The van der Waals surface area contributed by atoms with Gasteiger partial charge in [0.05, 0.1) is 23.6 Å². The lowest BCUT2D eigenvalue weighted by atomic mass is 9.92. The van der Waals surface area contributed by atoms with Gasteiger partial charge in [0.2, 0.25) is 5.91 Å². The van der Waals surface area contributed by atoms with Gasteiger partial charge in [0.15, 0.2) is 0 Å². The van der Waals surface area contributed by atoms with Gasteiger partial charge in [-0.25, -0.2) is 5.01 Å². The Morgan fingerprint density at radius 3 is 2.92 bits per heavy atom. The van der Waals surface area contributed by atoms with Crippen molar-refractivity contribution in [3.8, 4) is 6.07 Å². The summed E-state index contributed by atoms with van der Waals surface area (Å²) in [6, 6.07) is 9.28. The number of amides is 1. The second-order valence-corrected chi connectivity index (χ2v) is 6.41. The molecular formula is C18H19N5O2. The SMILES string of the molecule is CC(=O)Nc1cccc(N2N=C3COC(C)(C)C=C3C(C#N)=C2N)c1. The van der Waals surface area contributed by atoms with E-state index in [4.69, 9.17) is 10.5 Å². The van der Waals surface area contributed by atoms with Crippen molar-refractivity contribution >= 4 is 23.0 Å².